The van der Waals surface area contributed by atoms with Crippen LogP contribution < -0.4 is 10.1 Å². The van der Waals surface area contributed by atoms with E-state index in [1.165, 1.54) is 6.92 Å². The van der Waals surface area contributed by atoms with Gasteiger partial charge in [-0.05, 0) is 48.5 Å². The summed E-state index contributed by atoms with van der Waals surface area (Å²) < 4.78 is 11.1. The fraction of sp³-hybridized carbons (Fsp3) is 0.167. The Hall–Kier alpha value is -2.67. The van der Waals surface area contributed by atoms with Crippen LogP contribution in [0.2, 0.25) is 0 Å². The van der Waals surface area contributed by atoms with Gasteiger partial charge in [-0.1, -0.05) is 15.9 Å². The molecular weight excluding hydrogens is 390 g/mol. The molecule has 0 heterocycles. The molecule has 0 bridgehead atoms. The fourth-order valence-corrected chi connectivity index (χ4v) is 2.15. The van der Waals surface area contributed by atoms with Crippen LogP contribution in [0.15, 0.2) is 53.0 Å². The third-order valence-corrected chi connectivity index (χ3v) is 3.59. The Morgan fingerprint density at radius 1 is 0.960 bits per heavy atom. The molecule has 0 saturated carbocycles. The Bertz CT molecular complexity index is 756. The first-order valence-corrected chi connectivity index (χ1v) is 8.18. The molecule has 0 fully saturated rings. The van der Waals surface area contributed by atoms with Gasteiger partial charge in [-0.25, -0.2) is 4.79 Å². The van der Waals surface area contributed by atoms with Crippen molar-refractivity contribution in [3.8, 4) is 5.75 Å². The molecule has 2 aromatic carbocycles. The predicted molar refractivity (Wildman–Crippen MR) is 95.7 cm³/mol. The van der Waals surface area contributed by atoms with E-state index < -0.39 is 5.97 Å². The molecular formula is C18H16BrNO5. The molecule has 0 aliphatic rings. The lowest BCUT2D eigenvalue weighted by Gasteiger charge is -2.07. The highest BCUT2D eigenvalue weighted by molar-refractivity contribution is 9.10. The van der Waals surface area contributed by atoms with Crippen LogP contribution in [0.5, 0.6) is 5.75 Å². The molecule has 130 valence electrons. The number of ether oxygens (including phenoxy) is 2. The van der Waals surface area contributed by atoms with E-state index in [1.54, 1.807) is 48.5 Å². The lowest BCUT2D eigenvalue weighted by atomic mass is 10.1. The molecule has 1 amide bonds. The number of esters is 1. The van der Waals surface area contributed by atoms with Gasteiger partial charge >= 0.3 is 5.97 Å². The van der Waals surface area contributed by atoms with E-state index in [-0.39, 0.29) is 24.9 Å². The molecule has 0 aliphatic carbocycles. The third kappa shape index (κ3) is 6.39. The number of carbonyl (C=O) groups is 3. The quantitative estimate of drug-likeness (QED) is 0.564. The summed E-state index contributed by atoms with van der Waals surface area (Å²) in [6.07, 6.45) is 0. The summed E-state index contributed by atoms with van der Waals surface area (Å²) >= 11 is 3.30. The highest BCUT2D eigenvalue weighted by Crippen LogP contribution is 2.16. The number of rotatable bonds is 7. The van der Waals surface area contributed by atoms with E-state index >= 15 is 0 Å². The number of ketones is 1. The molecule has 0 radical (unpaired) electrons. The highest BCUT2D eigenvalue weighted by atomic mass is 79.9. The number of benzene rings is 2. The fourth-order valence-electron chi connectivity index (χ4n) is 1.89. The van der Waals surface area contributed by atoms with Gasteiger partial charge in [0.25, 0.3) is 0 Å². The zero-order valence-electron chi connectivity index (χ0n) is 13.5. The highest BCUT2D eigenvalue weighted by Gasteiger charge is 2.11. The Labute approximate surface area is 153 Å². The Morgan fingerprint density at radius 3 is 2.20 bits per heavy atom. The van der Waals surface area contributed by atoms with Gasteiger partial charge in [-0.3, -0.25) is 9.59 Å². The number of anilines is 1. The number of amides is 1. The van der Waals surface area contributed by atoms with Gasteiger partial charge in [0.2, 0.25) is 5.91 Å². The number of carbonyl (C=O) groups excluding carboxylic acids is 3. The Morgan fingerprint density at radius 2 is 1.60 bits per heavy atom. The van der Waals surface area contributed by atoms with Crippen molar-refractivity contribution < 1.29 is 23.9 Å². The number of hydrogen-bond acceptors (Lipinski definition) is 5. The van der Waals surface area contributed by atoms with Gasteiger partial charge in [0.05, 0.1) is 0 Å². The summed E-state index contributed by atoms with van der Waals surface area (Å²) in [6, 6.07) is 13.3. The van der Waals surface area contributed by atoms with Crippen molar-refractivity contribution in [1.29, 1.82) is 0 Å². The molecule has 0 atom stereocenters. The maximum absolute atomic E-state index is 12.0. The molecule has 25 heavy (non-hydrogen) atoms. The second kappa shape index (κ2) is 8.98. The normalized spacial score (nSPS) is 10.0. The van der Waals surface area contributed by atoms with Crippen molar-refractivity contribution in [2.45, 2.75) is 6.92 Å². The maximum atomic E-state index is 12.0. The molecule has 2 rings (SSSR count). The van der Waals surface area contributed by atoms with Crippen LogP contribution in [0, 0.1) is 0 Å². The lowest BCUT2D eigenvalue weighted by Crippen LogP contribution is -2.19. The first kappa shape index (κ1) is 18.7. The molecule has 1 N–H and O–H groups in total. The van der Waals surface area contributed by atoms with E-state index in [4.69, 9.17) is 9.47 Å². The summed E-state index contributed by atoms with van der Waals surface area (Å²) in [5, 5.41) is 2.60. The SMILES string of the molecule is CC(=O)Nc1ccc(C(=O)COC(=O)COc2ccc(Br)cc2)cc1. The van der Waals surface area contributed by atoms with Crippen LogP contribution in [-0.4, -0.2) is 30.9 Å². The topological polar surface area (TPSA) is 81.7 Å². The monoisotopic (exact) mass is 405 g/mol. The van der Waals surface area contributed by atoms with E-state index in [0.29, 0.717) is 17.0 Å². The molecule has 0 spiro atoms. The minimum atomic E-state index is -0.633. The number of Topliss-reactive ketones (excluding diaryl/α,β-unsaturated/α-hetero) is 1. The zero-order chi connectivity index (χ0) is 18.2. The molecule has 0 aliphatic heterocycles. The number of hydrogen-bond donors (Lipinski definition) is 1. The molecule has 7 heteroatoms. The van der Waals surface area contributed by atoms with Gasteiger partial charge in [-0.2, -0.15) is 0 Å². The van der Waals surface area contributed by atoms with Gasteiger partial charge in [0.15, 0.2) is 19.0 Å². The summed E-state index contributed by atoms with van der Waals surface area (Å²) in [5.41, 5.74) is 0.972. The van der Waals surface area contributed by atoms with E-state index in [9.17, 15) is 14.4 Å². The molecule has 0 aromatic heterocycles. The maximum Gasteiger partial charge on any atom is 0.344 e. The van der Waals surface area contributed by atoms with Crippen LogP contribution in [0.4, 0.5) is 5.69 Å². The van der Waals surface area contributed by atoms with Gasteiger partial charge in [0.1, 0.15) is 5.75 Å². The lowest BCUT2D eigenvalue weighted by molar-refractivity contribution is -0.144. The van der Waals surface area contributed by atoms with Crippen molar-refractivity contribution >= 4 is 39.3 Å². The Balaban J connectivity index is 1.77. The van der Waals surface area contributed by atoms with Crippen LogP contribution in [0.25, 0.3) is 0 Å². The molecule has 2 aromatic rings. The summed E-state index contributed by atoms with van der Waals surface area (Å²) in [5.74, 6) is -0.642. The van der Waals surface area contributed by atoms with Gasteiger partial charge < -0.3 is 14.8 Å². The van der Waals surface area contributed by atoms with E-state index in [2.05, 4.69) is 21.2 Å². The van der Waals surface area contributed by atoms with E-state index in [1.807, 2.05) is 0 Å². The molecule has 0 unspecified atom stereocenters. The van der Waals surface area contributed by atoms with Crippen molar-refractivity contribution in [3.63, 3.8) is 0 Å². The predicted octanol–water partition coefficient (Wildman–Crippen LogP) is 3.21. The second-order valence-electron chi connectivity index (χ2n) is 5.08. The van der Waals surface area contributed by atoms with Crippen molar-refractivity contribution in [1.82, 2.24) is 0 Å². The average molecular weight is 406 g/mol. The van der Waals surface area contributed by atoms with Crippen LogP contribution in [0.3, 0.4) is 0 Å². The first-order chi connectivity index (χ1) is 11.9. The minimum Gasteiger partial charge on any atom is -0.482 e. The first-order valence-electron chi connectivity index (χ1n) is 7.39. The Kier molecular flexibility index (Phi) is 6.71. The molecule has 6 nitrogen and oxygen atoms in total. The van der Waals surface area contributed by atoms with Crippen molar-refractivity contribution in [2.75, 3.05) is 18.5 Å². The summed E-state index contributed by atoms with van der Waals surface area (Å²) in [4.78, 5) is 34.6. The van der Waals surface area contributed by atoms with Gasteiger partial charge in [0, 0.05) is 22.6 Å². The zero-order valence-corrected chi connectivity index (χ0v) is 15.0. The number of halogens is 1. The third-order valence-electron chi connectivity index (χ3n) is 3.06. The largest absolute Gasteiger partial charge is 0.482 e. The summed E-state index contributed by atoms with van der Waals surface area (Å²) in [7, 11) is 0. The summed E-state index contributed by atoms with van der Waals surface area (Å²) in [6.45, 7) is 0.743. The smallest absolute Gasteiger partial charge is 0.344 e. The number of nitrogens with one attached hydrogen (secondary N) is 1. The standard InChI is InChI=1S/C18H16BrNO5/c1-12(21)20-15-6-2-13(3-7-15)17(22)10-25-18(23)11-24-16-8-4-14(19)5-9-16/h2-9H,10-11H2,1H3,(H,20,21). The van der Waals surface area contributed by atoms with Crippen LogP contribution >= 0.6 is 15.9 Å². The van der Waals surface area contributed by atoms with Crippen molar-refractivity contribution in [2.24, 2.45) is 0 Å². The van der Waals surface area contributed by atoms with Crippen molar-refractivity contribution in [3.05, 3.63) is 58.6 Å². The molecule has 0 saturated heterocycles. The van der Waals surface area contributed by atoms with Gasteiger partial charge in [-0.15, -0.1) is 0 Å². The van der Waals surface area contributed by atoms with Crippen LogP contribution in [-0.2, 0) is 14.3 Å². The average Bonchev–Trinajstić information content (AvgIpc) is 2.59. The van der Waals surface area contributed by atoms with E-state index in [0.717, 1.165) is 4.47 Å². The minimum absolute atomic E-state index is 0.196. The second-order valence-corrected chi connectivity index (χ2v) is 6.00. The van der Waals surface area contributed by atoms with Crippen LogP contribution in [0.1, 0.15) is 17.3 Å².